The van der Waals surface area contributed by atoms with Crippen molar-refractivity contribution in [3.63, 3.8) is 0 Å². The van der Waals surface area contributed by atoms with Crippen molar-refractivity contribution in [1.29, 1.82) is 0 Å². The highest BCUT2D eigenvalue weighted by Gasteiger charge is 2.29. The first kappa shape index (κ1) is 20.5. The molecule has 0 spiro atoms. The highest BCUT2D eigenvalue weighted by molar-refractivity contribution is 7.92. The lowest BCUT2D eigenvalue weighted by atomic mass is 10.2. The first-order valence-corrected chi connectivity index (χ1v) is 10.4. The molecule has 150 valence electrons. The van der Waals surface area contributed by atoms with Gasteiger partial charge in [-0.25, -0.2) is 12.8 Å². The molecular weight excluding hydrogens is 391 g/mol. The summed E-state index contributed by atoms with van der Waals surface area (Å²) in [4.78, 5) is 12.6. The molecule has 29 heavy (non-hydrogen) atoms. The quantitative estimate of drug-likeness (QED) is 0.657. The van der Waals surface area contributed by atoms with Gasteiger partial charge in [-0.1, -0.05) is 48.0 Å². The van der Waals surface area contributed by atoms with Gasteiger partial charge in [-0.05, 0) is 49.7 Å². The standard InChI is InChI=1S/C22H21FN2O3S/c1-16-11-13-18(14-12-16)29(27,28)25(21-10-6-4-8-19(21)23)15-22(26)24-20-9-5-3-7-17(20)2/h3-14H,15H2,1-2H3,(H,24,26). The van der Waals surface area contributed by atoms with Crippen molar-refractivity contribution in [1.82, 2.24) is 0 Å². The van der Waals surface area contributed by atoms with E-state index in [4.69, 9.17) is 0 Å². The molecule has 0 fully saturated rings. The van der Waals surface area contributed by atoms with Crippen molar-refractivity contribution in [2.75, 3.05) is 16.2 Å². The zero-order chi connectivity index (χ0) is 21.0. The molecule has 0 radical (unpaired) electrons. The Morgan fingerprint density at radius 3 is 2.21 bits per heavy atom. The molecule has 3 rings (SSSR count). The molecular formula is C22H21FN2O3S. The summed E-state index contributed by atoms with van der Waals surface area (Å²) in [6.07, 6.45) is 0. The number of amides is 1. The third-order valence-electron chi connectivity index (χ3n) is 4.44. The van der Waals surface area contributed by atoms with Gasteiger partial charge in [0.15, 0.2) is 0 Å². The zero-order valence-electron chi connectivity index (χ0n) is 16.1. The summed E-state index contributed by atoms with van der Waals surface area (Å²) in [5.74, 6) is -1.30. The molecule has 0 atom stereocenters. The van der Waals surface area contributed by atoms with E-state index in [2.05, 4.69) is 5.32 Å². The smallest absolute Gasteiger partial charge is 0.264 e. The molecule has 1 amide bonds. The Balaban J connectivity index is 1.98. The van der Waals surface area contributed by atoms with Crippen LogP contribution < -0.4 is 9.62 Å². The van der Waals surface area contributed by atoms with Crippen LogP contribution in [0.15, 0.2) is 77.7 Å². The van der Waals surface area contributed by atoms with E-state index in [1.165, 1.54) is 30.3 Å². The maximum absolute atomic E-state index is 14.5. The maximum atomic E-state index is 14.5. The van der Waals surface area contributed by atoms with Crippen LogP contribution >= 0.6 is 0 Å². The van der Waals surface area contributed by atoms with Crippen molar-refractivity contribution >= 4 is 27.3 Å². The van der Waals surface area contributed by atoms with Gasteiger partial charge >= 0.3 is 0 Å². The molecule has 7 heteroatoms. The van der Waals surface area contributed by atoms with E-state index in [9.17, 15) is 17.6 Å². The molecule has 0 saturated carbocycles. The second-order valence-electron chi connectivity index (χ2n) is 6.64. The minimum atomic E-state index is -4.16. The van der Waals surface area contributed by atoms with Crippen molar-refractivity contribution in [3.05, 3.63) is 89.7 Å². The molecule has 5 nitrogen and oxygen atoms in total. The predicted octanol–water partition coefficient (Wildman–Crippen LogP) is 4.28. The molecule has 3 aromatic carbocycles. The number of anilines is 2. The normalized spacial score (nSPS) is 11.1. The highest BCUT2D eigenvalue weighted by Crippen LogP contribution is 2.26. The molecule has 0 aliphatic heterocycles. The minimum absolute atomic E-state index is 0.0185. The Morgan fingerprint density at radius 1 is 0.931 bits per heavy atom. The van der Waals surface area contributed by atoms with Crippen LogP contribution in [0.2, 0.25) is 0 Å². The minimum Gasteiger partial charge on any atom is -0.324 e. The van der Waals surface area contributed by atoms with Gasteiger partial charge in [0.1, 0.15) is 12.4 Å². The van der Waals surface area contributed by atoms with Crippen LogP contribution in [0.4, 0.5) is 15.8 Å². The Morgan fingerprint density at radius 2 is 1.55 bits per heavy atom. The second kappa shape index (κ2) is 8.45. The summed E-state index contributed by atoms with van der Waals surface area (Å²) in [7, 11) is -4.16. The third kappa shape index (κ3) is 4.63. The largest absolute Gasteiger partial charge is 0.324 e. The zero-order valence-corrected chi connectivity index (χ0v) is 16.9. The number of nitrogens with one attached hydrogen (secondary N) is 1. The lowest BCUT2D eigenvalue weighted by molar-refractivity contribution is -0.114. The number of sulfonamides is 1. The van der Waals surface area contributed by atoms with Gasteiger partial charge in [0.05, 0.1) is 10.6 Å². The Hall–Kier alpha value is -3.19. The van der Waals surface area contributed by atoms with Crippen molar-refractivity contribution in [2.24, 2.45) is 0 Å². The number of halogens is 1. The average Bonchev–Trinajstić information content (AvgIpc) is 2.69. The maximum Gasteiger partial charge on any atom is 0.264 e. The summed E-state index contributed by atoms with van der Waals surface area (Å²) in [6.45, 7) is 3.10. The fourth-order valence-electron chi connectivity index (χ4n) is 2.82. The second-order valence-corrected chi connectivity index (χ2v) is 8.50. The van der Waals surface area contributed by atoms with Crippen LogP contribution in [-0.2, 0) is 14.8 Å². The van der Waals surface area contributed by atoms with Gasteiger partial charge in [0, 0.05) is 5.69 Å². The Labute approximate surface area is 169 Å². The number of aryl methyl sites for hydroxylation is 2. The number of hydrogen-bond acceptors (Lipinski definition) is 3. The number of carbonyl (C=O) groups excluding carboxylic acids is 1. The number of hydrogen-bond donors (Lipinski definition) is 1. The fourth-order valence-corrected chi connectivity index (χ4v) is 4.25. The molecule has 0 saturated heterocycles. The molecule has 0 aliphatic rings. The van der Waals surface area contributed by atoms with E-state index >= 15 is 0 Å². The SMILES string of the molecule is Cc1ccc(S(=O)(=O)N(CC(=O)Nc2ccccc2C)c2ccccc2F)cc1. The number of rotatable bonds is 6. The molecule has 0 aliphatic carbocycles. The molecule has 0 unspecified atom stereocenters. The summed E-state index contributed by atoms with van der Waals surface area (Å²) in [6, 6.07) is 18.8. The lowest BCUT2D eigenvalue weighted by Crippen LogP contribution is -2.38. The van der Waals surface area contributed by atoms with E-state index in [-0.39, 0.29) is 10.6 Å². The van der Waals surface area contributed by atoms with Crippen molar-refractivity contribution < 1.29 is 17.6 Å². The average molecular weight is 412 g/mol. The van der Waals surface area contributed by atoms with E-state index < -0.39 is 28.3 Å². The third-order valence-corrected chi connectivity index (χ3v) is 6.21. The van der Waals surface area contributed by atoms with Crippen LogP contribution in [-0.4, -0.2) is 20.9 Å². The van der Waals surface area contributed by atoms with Crippen molar-refractivity contribution in [3.8, 4) is 0 Å². The number of carbonyl (C=O) groups is 1. The van der Waals surface area contributed by atoms with Gasteiger partial charge in [0.2, 0.25) is 5.91 Å². The molecule has 0 heterocycles. The summed E-state index contributed by atoms with van der Waals surface area (Å²) < 4.78 is 41.7. The van der Waals surface area contributed by atoms with Crippen LogP contribution in [0.25, 0.3) is 0 Å². The molecule has 3 aromatic rings. The van der Waals surface area contributed by atoms with Gasteiger partial charge in [-0.3, -0.25) is 9.10 Å². The summed E-state index contributed by atoms with van der Waals surface area (Å²) >= 11 is 0. The van der Waals surface area contributed by atoms with Gasteiger partial charge in [0.25, 0.3) is 10.0 Å². The van der Waals surface area contributed by atoms with Crippen LogP contribution in [0, 0.1) is 19.7 Å². The van der Waals surface area contributed by atoms with Crippen molar-refractivity contribution in [2.45, 2.75) is 18.7 Å². The van der Waals surface area contributed by atoms with Gasteiger partial charge in [-0.2, -0.15) is 0 Å². The van der Waals surface area contributed by atoms with E-state index in [0.717, 1.165) is 21.5 Å². The topological polar surface area (TPSA) is 66.5 Å². The molecule has 1 N–H and O–H groups in total. The van der Waals surface area contributed by atoms with Gasteiger partial charge < -0.3 is 5.32 Å². The van der Waals surface area contributed by atoms with Crippen LogP contribution in [0.3, 0.4) is 0 Å². The first-order valence-electron chi connectivity index (χ1n) is 8.98. The predicted molar refractivity (Wildman–Crippen MR) is 112 cm³/mol. The fraction of sp³-hybridized carbons (Fsp3) is 0.136. The number of nitrogens with zero attached hydrogens (tertiary/aromatic N) is 1. The first-order chi connectivity index (χ1) is 13.8. The monoisotopic (exact) mass is 412 g/mol. The molecule has 0 aromatic heterocycles. The highest BCUT2D eigenvalue weighted by atomic mass is 32.2. The van der Waals surface area contributed by atoms with E-state index in [1.54, 1.807) is 24.3 Å². The van der Waals surface area contributed by atoms with E-state index in [1.807, 2.05) is 26.0 Å². The lowest BCUT2D eigenvalue weighted by Gasteiger charge is -2.24. The molecule has 0 bridgehead atoms. The Kier molecular flexibility index (Phi) is 5.98. The summed E-state index contributed by atoms with van der Waals surface area (Å²) in [5, 5.41) is 2.70. The van der Waals surface area contributed by atoms with Crippen LogP contribution in [0.1, 0.15) is 11.1 Å². The number of benzene rings is 3. The van der Waals surface area contributed by atoms with Gasteiger partial charge in [-0.15, -0.1) is 0 Å². The van der Waals surface area contributed by atoms with Crippen LogP contribution in [0.5, 0.6) is 0 Å². The number of para-hydroxylation sites is 2. The Bertz CT molecular complexity index is 1130. The summed E-state index contributed by atoms with van der Waals surface area (Å²) in [5.41, 5.74) is 2.10. The van der Waals surface area contributed by atoms with E-state index in [0.29, 0.717) is 5.69 Å².